The van der Waals surface area contributed by atoms with Gasteiger partial charge in [0.1, 0.15) is 11.5 Å². The minimum absolute atomic E-state index is 0.107. The first-order chi connectivity index (χ1) is 20.6. The molecular weight excluding hydrogens is 524 g/mol. The Morgan fingerprint density at radius 3 is 1.14 bits per heavy atom. The van der Waals surface area contributed by atoms with E-state index in [2.05, 4.69) is 0 Å². The second-order valence-corrected chi connectivity index (χ2v) is 10.1. The van der Waals surface area contributed by atoms with Crippen molar-refractivity contribution >= 4 is 11.8 Å². The fourth-order valence-electron chi connectivity index (χ4n) is 4.73. The van der Waals surface area contributed by atoms with E-state index in [0.29, 0.717) is 50.5 Å². The van der Waals surface area contributed by atoms with Crippen molar-refractivity contribution in [2.45, 2.75) is 52.0 Å². The zero-order chi connectivity index (χ0) is 29.6. The summed E-state index contributed by atoms with van der Waals surface area (Å²) in [7, 11) is 0. The fourth-order valence-corrected chi connectivity index (χ4v) is 4.73. The van der Waals surface area contributed by atoms with Crippen LogP contribution >= 0.6 is 0 Å². The second kappa shape index (κ2) is 16.0. The Labute approximate surface area is 249 Å². The summed E-state index contributed by atoms with van der Waals surface area (Å²) in [6.07, 6.45) is -0.235. The zero-order valence-electron chi connectivity index (χ0n) is 24.5. The topological polar surface area (TPSA) is 59.1 Å². The molecule has 0 aromatic heterocycles. The van der Waals surface area contributed by atoms with Gasteiger partial charge in [0.2, 0.25) is 0 Å². The average molecular weight is 565 g/mol. The van der Waals surface area contributed by atoms with Gasteiger partial charge < -0.3 is 19.3 Å². The molecule has 0 bridgehead atoms. The molecule has 218 valence electrons. The van der Waals surface area contributed by atoms with Gasteiger partial charge in [0.15, 0.2) is 12.2 Å². The highest BCUT2D eigenvalue weighted by Crippen LogP contribution is 2.18. The summed E-state index contributed by atoms with van der Waals surface area (Å²) in [4.78, 5) is 31.5. The third-order valence-electron chi connectivity index (χ3n) is 7.03. The summed E-state index contributed by atoms with van der Waals surface area (Å²) in [5, 5.41) is 0. The molecule has 0 aliphatic rings. The smallest absolute Gasteiger partial charge is 0.263 e. The summed E-state index contributed by atoms with van der Waals surface area (Å²) in [6, 6.07) is 38.6. The van der Waals surface area contributed by atoms with Crippen LogP contribution in [-0.2, 0) is 22.7 Å². The molecule has 4 aromatic carbocycles. The molecule has 2 atom stereocenters. The Balaban J connectivity index is 1.56. The van der Waals surface area contributed by atoms with Crippen molar-refractivity contribution in [3.05, 3.63) is 132 Å². The van der Waals surface area contributed by atoms with Crippen LogP contribution in [0.1, 0.15) is 37.8 Å². The van der Waals surface area contributed by atoms with Crippen LogP contribution in [0.4, 0.5) is 0 Å². The number of carbonyl (C=O) groups excluding carboxylic acids is 2. The molecule has 4 aromatic rings. The van der Waals surface area contributed by atoms with Gasteiger partial charge in [-0.05, 0) is 48.2 Å². The molecular formula is C36H40N2O4. The molecule has 0 aliphatic carbocycles. The van der Waals surface area contributed by atoms with E-state index in [-0.39, 0.29) is 11.8 Å². The van der Waals surface area contributed by atoms with Crippen LogP contribution < -0.4 is 9.47 Å². The lowest BCUT2D eigenvalue weighted by atomic mass is 10.1. The first-order valence-corrected chi connectivity index (χ1v) is 14.7. The van der Waals surface area contributed by atoms with E-state index in [1.54, 1.807) is 9.80 Å². The number of nitrogens with zero attached hydrogens (tertiary/aromatic N) is 2. The summed E-state index contributed by atoms with van der Waals surface area (Å²) in [5.74, 6) is 1.10. The SMILES string of the molecule is CCC(Oc1ccccc1)C(=O)N(CCN(Cc1ccccc1)C(=O)C(CC)Oc1ccccc1)Cc1ccccc1. The highest BCUT2D eigenvalue weighted by Gasteiger charge is 2.29. The number of hydrogen-bond donors (Lipinski definition) is 0. The second-order valence-electron chi connectivity index (χ2n) is 10.1. The summed E-state index contributed by atoms with van der Waals surface area (Å²) in [6.45, 7) is 5.43. The summed E-state index contributed by atoms with van der Waals surface area (Å²) in [5.41, 5.74) is 2.03. The molecule has 0 saturated carbocycles. The molecule has 0 fully saturated rings. The Hall–Kier alpha value is -4.58. The Bertz CT molecular complexity index is 1240. The third kappa shape index (κ3) is 8.96. The third-order valence-corrected chi connectivity index (χ3v) is 7.03. The van der Waals surface area contributed by atoms with Crippen LogP contribution in [0, 0.1) is 0 Å². The molecule has 0 aliphatic heterocycles. The van der Waals surface area contributed by atoms with Gasteiger partial charge in [-0.25, -0.2) is 0 Å². The van der Waals surface area contributed by atoms with Crippen molar-refractivity contribution in [3.63, 3.8) is 0 Å². The molecule has 2 amide bonds. The van der Waals surface area contributed by atoms with Crippen LogP contribution in [-0.4, -0.2) is 46.9 Å². The van der Waals surface area contributed by atoms with E-state index in [0.717, 1.165) is 11.1 Å². The van der Waals surface area contributed by atoms with Crippen molar-refractivity contribution in [3.8, 4) is 11.5 Å². The largest absolute Gasteiger partial charge is 0.481 e. The number of hydrogen-bond acceptors (Lipinski definition) is 4. The van der Waals surface area contributed by atoms with Crippen molar-refractivity contribution in [2.75, 3.05) is 13.1 Å². The Morgan fingerprint density at radius 1 is 0.524 bits per heavy atom. The first kappa shape index (κ1) is 30.4. The lowest BCUT2D eigenvalue weighted by Gasteiger charge is -2.32. The summed E-state index contributed by atoms with van der Waals surface area (Å²) < 4.78 is 12.2. The zero-order valence-corrected chi connectivity index (χ0v) is 24.5. The highest BCUT2D eigenvalue weighted by molar-refractivity contribution is 5.82. The van der Waals surface area contributed by atoms with E-state index < -0.39 is 12.2 Å². The lowest BCUT2D eigenvalue weighted by Crippen LogP contribution is -2.48. The first-order valence-electron chi connectivity index (χ1n) is 14.7. The maximum Gasteiger partial charge on any atom is 0.263 e. The fraction of sp³-hybridized carbons (Fsp3) is 0.278. The number of carbonyl (C=O) groups is 2. The molecule has 6 nitrogen and oxygen atoms in total. The minimum Gasteiger partial charge on any atom is -0.481 e. The predicted molar refractivity (Wildman–Crippen MR) is 166 cm³/mol. The van der Waals surface area contributed by atoms with Gasteiger partial charge in [0.05, 0.1) is 0 Å². The van der Waals surface area contributed by atoms with Crippen LogP contribution in [0.3, 0.4) is 0 Å². The van der Waals surface area contributed by atoms with E-state index in [1.165, 1.54) is 0 Å². The molecule has 4 rings (SSSR count). The maximum atomic E-state index is 13.9. The maximum absolute atomic E-state index is 13.9. The molecule has 0 radical (unpaired) electrons. The van der Waals surface area contributed by atoms with E-state index in [9.17, 15) is 9.59 Å². The van der Waals surface area contributed by atoms with E-state index in [1.807, 2.05) is 135 Å². The monoisotopic (exact) mass is 564 g/mol. The number of amides is 2. The molecule has 0 saturated heterocycles. The number of para-hydroxylation sites is 2. The molecule has 6 heteroatoms. The van der Waals surface area contributed by atoms with Crippen molar-refractivity contribution in [2.24, 2.45) is 0 Å². The predicted octanol–water partition coefficient (Wildman–Crippen LogP) is 6.76. The van der Waals surface area contributed by atoms with Gasteiger partial charge in [-0.2, -0.15) is 0 Å². The number of rotatable bonds is 15. The average Bonchev–Trinajstić information content (AvgIpc) is 3.05. The Morgan fingerprint density at radius 2 is 0.833 bits per heavy atom. The van der Waals surface area contributed by atoms with Crippen LogP contribution in [0.5, 0.6) is 11.5 Å². The lowest BCUT2D eigenvalue weighted by molar-refractivity contribution is -0.143. The van der Waals surface area contributed by atoms with Gasteiger partial charge in [-0.3, -0.25) is 9.59 Å². The Kier molecular flexibility index (Phi) is 11.6. The molecule has 0 spiro atoms. The van der Waals surface area contributed by atoms with E-state index >= 15 is 0 Å². The minimum atomic E-state index is -0.640. The van der Waals surface area contributed by atoms with Crippen molar-refractivity contribution < 1.29 is 19.1 Å². The number of benzene rings is 4. The van der Waals surface area contributed by atoms with Crippen molar-refractivity contribution in [1.29, 1.82) is 0 Å². The standard InChI is InChI=1S/C36H40N2O4/c1-3-33(41-31-21-13-7-14-22-31)35(39)37(27-29-17-9-5-10-18-29)25-26-38(28-30-19-11-6-12-20-30)36(40)34(4-2)42-32-23-15-8-16-24-32/h5-24,33-34H,3-4,25-28H2,1-2H3. The normalized spacial score (nSPS) is 12.1. The van der Waals surface area contributed by atoms with Gasteiger partial charge in [-0.1, -0.05) is 111 Å². The van der Waals surface area contributed by atoms with Crippen LogP contribution in [0.25, 0.3) is 0 Å². The molecule has 2 unspecified atom stereocenters. The van der Waals surface area contributed by atoms with Gasteiger partial charge in [0.25, 0.3) is 11.8 Å². The van der Waals surface area contributed by atoms with Crippen LogP contribution in [0.15, 0.2) is 121 Å². The van der Waals surface area contributed by atoms with Gasteiger partial charge in [0, 0.05) is 26.2 Å². The molecule has 0 N–H and O–H groups in total. The van der Waals surface area contributed by atoms with Crippen LogP contribution in [0.2, 0.25) is 0 Å². The van der Waals surface area contributed by atoms with Gasteiger partial charge in [-0.15, -0.1) is 0 Å². The summed E-state index contributed by atoms with van der Waals surface area (Å²) >= 11 is 0. The van der Waals surface area contributed by atoms with E-state index in [4.69, 9.17) is 9.47 Å². The quantitative estimate of drug-likeness (QED) is 0.160. The van der Waals surface area contributed by atoms with Crippen molar-refractivity contribution in [1.82, 2.24) is 9.80 Å². The molecule has 0 heterocycles. The number of ether oxygens (including phenoxy) is 2. The molecule has 42 heavy (non-hydrogen) atoms. The van der Waals surface area contributed by atoms with Gasteiger partial charge >= 0.3 is 0 Å². The highest BCUT2D eigenvalue weighted by atomic mass is 16.5.